The first-order valence-corrected chi connectivity index (χ1v) is 12.8. The van der Waals surface area contributed by atoms with Gasteiger partial charge in [0, 0.05) is 16.0 Å². The van der Waals surface area contributed by atoms with Gasteiger partial charge in [0.1, 0.15) is 0 Å². The van der Waals surface area contributed by atoms with E-state index in [1.807, 2.05) is 0 Å². The summed E-state index contributed by atoms with van der Waals surface area (Å²) in [7, 11) is -3.36. The third-order valence-electron chi connectivity index (χ3n) is 5.09. The van der Waals surface area contributed by atoms with Crippen molar-refractivity contribution in [2.75, 3.05) is 16.4 Å². The summed E-state index contributed by atoms with van der Waals surface area (Å²) in [5, 5.41) is -0.223. The Hall–Kier alpha value is -1.75. The summed E-state index contributed by atoms with van der Waals surface area (Å²) in [5.41, 5.74) is -0.290. The van der Waals surface area contributed by atoms with Crippen molar-refractivity contribution in [3.05, 3.63) is 63.6 Å². The van der Waals surface area contributed by atoms with Gasteiger partial charge in [-0.1, -0.05) is 47.1 Å². The molecule has 5 nitrogen and oxygen atoms in total. The number of anilines is 1. The largest absolute Gasteiger partial charge is 0.417 e. The van der Waals surface area contributed by atoms with Crippen LogP contribution in [-0.4, -0.2) is 42.3 Å². The molecule has 32 heavy (non-hydrogen) atoms. The number of aliphatic imine (C=N–C) groups is 1. The fraction of sp³-hybridized carbons (Fsp3) is 0.300. The summed E-state index contributed by atoms with van der Waals surface area (Å²) in [6.45, 7) is 0. The number of halogens is 5. The predicted octanol–water partition coefficient (Wildman–Crippen LogP) is 4.86. The van der Waals surface area contributed by atoms with Crippen LogP contribution >= 0.6 is 35.0 Å². The lowest BCUT2D eigenvalue weighted by Crippen LogP contribution is -2.38. The highest BCUT2D eigenvalue weighted by molar-refractivity contribution is 8.16. The van der Waals surface area contributed by atoms with Gasteiger partial charge in [-0.25, -0.2) is 8.42 Å². The normalized spacial score (nSPS) is 23.5. The maximum absolute atomic E-state index is 13.4. The van der Waals surface area contributed by atoms with E-state index in [0.29, 0.717) is 10.6 Å². The minimum atomic E-state index is -4.69. The molecule has 170 valence electrons. The van der Waals surface area contributed by atoms with Crippen molar-refractivity contribution in [3.8, 4) is 0 Å². The number of amidine groups is 1. The van der Waals surface area contributed by atoms with E-state index >= 15 is 0 Å². The van der Waals surface area contributed by atoms with Gasteiger partial charge in [-0.15, -0.1) is 0 Å². The van der Waals surface area contributed by atoms with E-state index in [9.17, 15) is 26.4 Å². The SMILES string of the molecule is O=C(Cc1ccc(Cl)cc1)N=C1S[C@H]2CS(=O)(=O)C[C@H]2N1c1ccc(Cl)c(C(F)(F)F)c1. The highest BCUT2D eigenvalue weighted by atomic mass is 35.5. The highest BCUT2D eigenvalue weighted by Crippen LogP contribution is 2.43. The zero-order valence-electron chi connectivity index (χ0n) is 16.1. The molecular formula is C20H15Cl2F3N2O3S2. The van der Waals surface area contributed by atoms with Gasteiger partial charge in [-0.3, -0.25) is 4.79 Å². The zero-order valence-corrected chi connectivity index (χ0v) is 19.3. The average Bonchev–Trinajstić information content (AvgIpc) is 3.14. The highest BCUT2D eigenvalue weighted by Gasteiger charge is 2.49. The number of nitrogens with zero attached hydrogens (tertiary/aromatic N) is 2. The molecule has 0 aliphatic carbocycles. The van der Waals surface area contributed by atoms with Gasteiger partial charge in [0.15, 0.2) is 15.0 Å². The number of fused-ring (bicyclic) bond motifs is 1. The van der Waals surface area contributed by atoms with Crippen LogP contribution in [0.15, 0.2) is 47.5 Å². The predicted molar refractivity (Wildman–Crippen MR) is 120 cm³/mol. The smallest absolute Gasteiger partial charge is 0.316 e. The fourth-order valence-electron chi connectivity index (χ4n) is 3.67. The quantitative estimate of drug-likeness (QED) is 0.576. The molecule has 0 N–H and O–H groups in total. The lowest BCUT2D eigenvalue weighted by atomic mass is 10.1. The van der Waals surface area contributed by atoms with Crippen molar-refractivity contribution in [3.63, 3.8) is 0 Å². The second kappa shape index (κ2) is 8.55. The first-order chi connectivity index (χ1) is 14.9. The van der Waals surface area contributed by atoms with Crippen molar-refractivity contribution in [1.82, 2.24) is 0 Å². The van der Waals surface area contributed by atoms with Gasteiger partial charge in [-0.05, 0) is 35.9 Å². The molecule has 2 aromatic carbocycles. The van der Waals surface area contributed by atoms with E-state index < -0.39 is 43.8 Å². The van der Waals surface area contributed by atoms with E-state index in [0.717, 1.165) is 23.9 Å². The van der Waals surface area contributed by atoms with Crippen LogP contribution in [0.2, 0.25) is 10.0 Å². The standard InChI is InChI=1S/C20H15Cl2F3N2O3S2/c21-12-3-1-11(2-4-12)7-18(28)26-19-27(16-9-32(29,30)10-17(16)31-19)13-5-6-15(22)14(8-13)20(23,24)25/h1-6,8,16-17H,7,9-10H2/t16-,17+/m1/s1. The molecule has 2 fully saturated rings. The minimum absolute atomic E-state index is 0.0306. The summed E-state index contributed by atoms with van der Waals surface area (Å²) in [5.74, 6) is -0.880. The Morgan fingerprint density at radius 2 is 1.81 bits per heavy atom. The van der Waals surface area contributed by atoms with Crippen molar-refractivity contribution in [2.24, 2.45) is 4.99 Å². The molecule has 0 radical (unpaired) electrons. The van der Waals surface area contributed by atoms with E-state index in [-0.39, 0.29) is 28.8 Å². The average molecular weight is 523 g/mol. The van der Waals surface area contributed by atoms with Crippen LogP contribution in [0, 0.1) is 0 Å². The topological polar surface area (TPSA) is 66.8 Å². The summed E-state index contributed by atoms with van der Waals surface area (Å²) in [6, 6.07) is 9.32. The molecular weight excluding hydrogens is 508 g/mol. The third-order valence-corrected chi connectivity index (χ3v) is 8.88. The number of benzene rings is 2. The molecule has 0 bridgehead atoms. The van der Waals surface area contributed by atoms with E-state index in [4.69, 9.17) is 23.2 Å². The molecule has 0 unspecified atom stereocenters. The molecule has 0 aromatic heterocycles. The van der Waals surface area contributed by atoms with Crippen LogP contribution in [-0.2, 0) is 27.2 Å². The van der Waals surface area contributed by atoms with Crippen molar-refractivity contribution < 1.29 is 26.4 Å². The van der Waals surface area contributed by atoms with Gasteiger partial charge < -0.3 is 4.90 Å². The molecule has 2 aliphatic rings. The summed E-state index contributed by atoms with van der Waals surface area (Å²) in [6.07, 6.45) is -4.72. The second-order valence-corrected chi connectivity index (χ2v) is 11.6. The second-order valence-electron chi connectivity index (χ2n) is 7.42. The number of thioether (sulfide) groups is 1. The molecule has 0 saturated carbocycles. The number of hydrogen-bond donors (Lipinski definition) is 0. The number of carbonyl (C=O) groups is 1. The maximum atomic E-state index is 13.4. The summed E-state index contributed by atoms with van der Waals surface area (Å²) in [4.78, 5) is 18.1. The van der Waals surface area contributed by atoms with Crippen molar-refractivity contribution in [1.29, 1.82) is 0 Å². The van der Waals surface area contributed by atoms with Gasteiger partial charge in [0.25, 0.3) is 5.91 Å². The molecule has 12 heteroatoms. The van der Waals surface area contributed by atoms with E-state index in [1.165, 1.54) is 11.0 Å². The maximum Gasteiger partial charge on any atom is 0.417 e. The molecule has 1 amide bonds. The van der Waals surface area contributed by atoms with E-state index in [2.05, 4.69) is 4.99 Å². The lowest BCUT2D eigenvalue weighted by molar-refractivity contribution is -0.137. The third kappa shape index (κ3) is 4.93. The Morgan fingerprint density at radius 1 is 1.12 bits per heavy atom. The van der Waals surface area contributed by atoms with Gasteiger partial charge in [-0.2, -0.15) is 18.2 Å². The Bertz CT molecular complexity index is 1200. The number of carbonyl (C=O) groups excluding carboxylic acids is 1. The summed E-state index contributed by atoms with van der Waals surface area (Å²) >= 11 is 12.7. The molecule has 2 saturated heterocycles. The van der Waals surface area contributed by atoms with Crippen LogP contribution in [0.4, 0.5) is 18.9 Å². The number of amides is 1. The van der Waals surface area contributed by atoms with Crippen LogP contribution < -0.4 is 4.90 Å². The molecule has 0 spiro atoms. The Labute approximate surface area is 196 Å². The first-order valence-electron chi connectivity index (χ1n) is 9.32. The molecule has 2 atom stereocenters. The number of sulfone groups is 1. The molecule has 2 aromatic rings. The van der Waals surface area contributed by atoms with Crippen LogP contribution in [0.5, 0.6) is 0 Å². The van der Waals surface area contributed by atoms with Crippen molar-refractivity contribution in [2.45, 2.75) is 23.9 Å². The van der Waals surface area contributed by atoms with Gasteiger partial charge in [0.05, 0.1) is 34.6 Å². The van der Waals surface area contributed by atoms with Crippen LogP contribution in [0.3, 0.4) is 0 Å². The van der Waals surface area contributed by atoms with Gasteiger partial charge in [0.2, 0.25) is 0 Å². The minimum Gasteiger partial charge on any atom is -0.316 e. The van der Waals surface area contributed by atoms with Crippen molar-refractivity contribution >= 4 is 61.6 Å². The van der Waals surface area contributed by atoms with Crippen LogP contribution in [0.1, 0.15) is 11.1 Å². The molecule has 4 rings (SSSR count). The Kier molecular flexibility index (Phi) is 6.26. The number of alkyl halides is 3. The lowest BCUT2D eigenvalue weighted by Gasteiger charge is -2.25. The molecule has 2 heterocycles. The summed E-state index contributed by atoms with van der Waals surface area (Å²) < 4.78 is 64.4. The Balaban J connectivity index is 1.70. The fourth-order valence-corrected chi connectivity index (χ4v) is 7.95. The monoisotopic (exact) mass is 522 g/mol. The van der Waals surface area contributed by atoms with E-state index in [1.54, 1.807) is 24.3 Å². The Morgan fingerprint density at radius 3 is 2.47 bits per heavy atom. The number of hydrogen-bond acceptors (Lipinski definition) is 4. The van der Waals surface area contributed by atoms with Crippen LogP contribution in [0.25, 0.3) is 0 Å². The number of rotatable bonds is 3. The zero-order chi connectivity index (χ0) is 23.3. The first kappa shape index (κ1) is 23.4. The van der Waals surface area contributed by atoms with Gasteiger partial charge >= 0.3 is 6.18 Å². The molecule has 2 aliphatic heterocycles.